The molecule has 1 aliphatic heterocycles. The summed E-state index contributed by atoms with van der Waals surface area (Å²) in [6.45, 7) is 5.69. The van der Waals surface area contributed by atoms with Crippen molar-refractivity contribution in [2.24, 2.45) is 0 Å². The predicted molar refractivity (Wildman–Crippen MR) is 114 cm³/mol. The topological polar surface area (TPSA) is 101 Å². The van der Waals surface area contributed by atoms with Crippen LogP contribution in [0.25, 0.3) is 11.0 Å². The maximum Gasteiger partial charge on any atom is 0.219 e. The molecule has 2 N–H and O–H groups in total. The van der Waals surface area contributed by atoms with Crippen LogP contribution in [0.4, 0.5) is 0 Å². The lowest BCUT2D eigenvalue weighted by Gasteiger charge is -2.33. The summed E-state index contributed by atoms with van der Waals surface area (Å²) in [4.78, 5) is 8.82. The first-order valence-corrected chi connectivity index (χ1v) is 11.2. The van der Waals surface area contributed by atoms with Gasteiger partial charge in [0.15, 0.2) is 5.79 Å². The number of fused-ring (bicyclic) bond motifs is 1. The van der Waals surface area contributed by atoms with Crippen molar-refractivity contribution in [3.63, 3.8) is 0 Å². The van der Waals surface area contributed by atoms with Crippen LogP contribution < -0.4 is 10.6 Å². The molecular formula is C21H26N4O4S. The van der Waals surface area contributed by atoms with Crippen LogP contribution in [0.15, 0.2) is 41.7 Å². The molecule has 2 aromatic heterocycles. The molecule has 0 bridgehead atoms. The molecule has 3 aromatic rings. The number of nitrogens with zero attached hydrogens (tertiary/aromatic N) is 3. The summed E-state index contributed by atoms with van der Waals surface area (Å²) in [6.07, 6.45) is 3.19. The summed E-state index contributed by atoms with van der Waals surface area (Å²) < 4.78 is 31.7. The van der Waals surface area contributed by atoms with E-state index in [1.807, 2.05) is 44.2 Å². The van der Waals surface area contributed by atoms with E-state index in [1.54, 1.807) is 6.20 Å². The van der Waals surface area contributed by atoms with E-state index in [0.717, 1.165) is 17.5 Å². The number of nitrogen functional groups attached to an aromatic ring is 1. The molecule has 160 valence electrons. The summed E-state index contributed by atoms with van der Waals surface area (Å²) in [6, 6.07) is 9.25. The van der Waals surface area contributed by atoms with Crippen LogP contribution >= 0.6 is 0 Å². The molecule has 1 unspecified atom stereocenters. The lowest BCUT2D eigenvalue weighted by atomic mass is 10.2. The van der Waals surface area contributed by atoms with E-state index in [4.69, 9.17) is 20.1 Å². The second kappa shape index (κ2) is 8.71. The highest BCUT2D eigenvalue weighted by Crippen LogP contribution is 2.26. The Bertz CT molecular complexity index is 1060. The molecule has 1 fully saturated rings. The molecule has 1 atom stereocenters. The Morgan fingerprint density at radius 2 is 2.03 bits per heavy atom. The normalized spacial score (nSPS) is 17.1. The summed E-state index contributed by atoms with van der Waals surface area (Å²) in [5, 5.41) is 0.322. The molecule has 0 radical (unpaired) electrons. The Morgan fingerprint density at radius 1 is 1.27 bits per heavy atom. The molecule has 0 aliphatic carbocycles. The Hall–Kier alpha value is -2.49. The second-order valence-electron chi connectivity index (χ2n) is 7.41. The fraction of sp³-hybridized carbons (Fsp3) is 0.429. The Balaban J connectivity index is 1.44. The van der Waals surface area contributed by atoms with Gasteiger partial charge in [0.1, 0.15) is 5.75 Å². The fourth-order valence-corrected chi connectivity index (χ4v) is 4.59. The molecule has 1 aliphatic rings. The lowest BCUT2D eigenvalue weighted by Crippen LogP contribution is -2.38. The first-order chi connectivity index (χ1) is 14.5. The zero-order valence-corrected chi connectivity index (χ0v) is 18.0. The van der Waals surface area contributed by atoms with Crippen molar-refractivity contribution in [3.8, 4) is 5.75 Å². The highest BCUT2D eigenvalue weighted by Gasteiger charge is 2.29. The van der Waals surface area contributed by atoms with Crippen molar-refractivity contribution in [1.29, 1.82) is 0 Å². The number of rotatable bonds is 7. The Labute approximate surface area is 177 Å². The van der Waals surface area contributed by atoms with Crippen molar-refractivity contribution in [2.45, 2.75) is 43.4 Å². The molecule has 9 heteroatoms. The van der Waals surface area contributed by atoms with Crippen molar-refractivity contribution < 1.29 is 18.4 Å². The van der Waals surface area contributed by atoms with E-state index >= 15 is 0 Å². The number of nitrogens with two attached hydrogens (primary N) is 1. The quantitative estimate of drug-likeness (QED) is 0.575. The van der Waals surface area contributed by atoms with E-state index in [2.05, 4.69) is 9.97 Å². The van der Waals surface area contributed by atoms with Crippen LogP contribution in [0, 0.1) is 6.92 Å². The number of hydrogen-bond donors (Lipinski definition) is 1. The summed E-state index contributed by atoms with van der Waals surface area (Å²) in [7, 11) is -1.44. The summed E-state index contributed by atoms with van der Waals surface area (Å²) >= 11 is 0. The molecule has 4 rings (SSSR count). The lowest BCUT2D eigenvalue weighted by molar-refractivity contribution is -0.260. The molecular weight excluding hydrogens is 404 g/mol. The monoisotopic (exact) mass is 430 g/mol. The van der Waals surface area contributed by atoms with Crippen LogP contribution in [0.1, 0.15) is 31.0 Å². The van der Waals surface area contributed by atoms with Gasteiger partial charge in [-0.2, -0.15) is 0 Å². The Kier molecular flexibility index (Phi) is 6.03. The number of para-hydroxylation sites is 2. The van der Waals surface area contributed by atoms with Crippen molar-refractivity contribution >= 4 is 21.8 Å². The van der Waals surface area contributed by atoms with Gasteiger partial charge < -0.3 is 20.1 Å². The maximum atomic E-state index is 13.0. The van der Waals surface area contributed by atoms with E-state index in [0.29, 0.717) is 48.4 Å². The van der Waals surface area contributed by atoms with Gasteiger partial charge in [-0.3, -0.25) is 9.19 Å². The molecule has 30 heavy (non-hydrogen) atoms. The van der Waals surface area contributed by atoms with Gasteiger partial charge >= 0.3 is 0 Å². The zero-order valence-electron chi connectivity index (χ0n) is 17.2. The van der Waals surface area contributed by atoms with Gasteiger partial charge in [-0.15, -0.1) is 0 Å². The minimum absolute atomic E-state index is 0.202. The third-order valence-electron chi connectivity index (χ3n) is 5.21. The number of imidazole rings is 1. The molecule has 0 saturated carbocycles. The number of aromatic nitrogens is 3. The van der Waals surface area contributed by atoms with Crippen LogP contribution in [0.2, 0.25) is 0 Å². The first-order valence-electron chi connectivity index (χ1n) is 9.93. The van der Waals surface area contributed by atoms with E-state index in [1.165, 1.54) is 4.68 Å². The van der Waals surface area contributed by atoms with Crippen LogP contribution in [0.3, 0.4) is 0 Å². The van der Waals surface area contributed by atoms with Crippen molar-refractivity contribution in [3.05, 3.63) is 47.8 Å². The summed E-state index contributed by atoms with van der Waals surface area (Å²) in [5.74, 6) is 6.40. The van der Waals surface area contributed by atoms with Gasteiger partial charge in [0.2, 0.25) is 5.16 Å². The molecule has 0 amide bonds. The number of hydrogen-bond acceptors (Lipinski definition) is 7. The standard InChI is InChI=1S/C21H26N4O4S/c1-15-17(14-30(26)20-24-16-6-3-4-7-18(16)25(20)22)23-10-8-19(15)27-13-9-21(2)28-11-5-12-29-21/h3-4,6-8,10H,5,9,11-14,22H2,1-2H3. The van der Waals surface area contributed by atoms with Crippen LogP contribution in [0.5, 0.6) is 5.75 Å². The predicted octanol–water partition coefficient (Wildman–Crippen LogP) is 2.68. The SMILES string of the molecule is Cc1c(OCCC2(C)OCCCO2)ccnc1CS(=O)c1nc2ccccc2n1N. The van der Waals surface area contributed by atoms with E-state index in [9.17, 15) is 4.21 Å². The third-order valence-corrected chi connectivity index (χ3v) is 6.44. The van der Waals surface area contributed by atoms with Crippen molar-refractivity contribution in [1.82, 2.24) is 14.6 Å². The molecule has 1 saturated heterocycles. The largest absolute Gasteiger partial charge is 0.493 e. The zero-order chi connectivity index (χ0) is 21.1. The average Bonchev–Trinajstić information content (AvgIpc) is 3.08. The Morgan fingerprint density at radius 3 is 2.80 bits per heavy atom. The van der Waals surface area contributed by atoms with Gasteiger partial charge in [-0.25, -0.2) is 9.66 Å². The van der Waals surface area contributed by atoms with Crippen molar-refractivity contribution in [2.75, 3.05) is 25.7 Å². The second-order valence-corrected chi connectivity index (χ2v) is 8.75. The molecule has 0 spiro atoms. The number of pyridine rings is 1. The smallest absolute Gasteiger partial charge is 0.219 e. The van der Waals surface area contributed by atoms with E-state index < -0.39 is 16.6 Å². The molecule has 3 heterocycles. The van der Waals surface area contributed by atoms with Gasteiger partial charge in [0.05, 0.1) is 53.1 Å². The van der Waals surface area contributed by atoms with Crippen LogP contribution in [-0.4, -0.2) is 44.5 Å². The maximum absolute atomic E-state index is 13.0. The van der Waals surface area contributed by atoms with Gasteiger partial charge in [-0.05, 0) is 38.5 Å². The highest BCUT2D eigenvalue weighted by atomic mass is 32.2. The third kappa shape index (κ3) is 4.33. The highest BCUT2D eigenvalue weighted by molar-refractivity contribution is 7.84. The molecule has 1 aromatic carbocycles. The van der Waals surface area contributed by atoms with Gasteiger partial charge in [0, 0.05) is 18.2 Å². The van der Waals surface area contributed by atoms with E-state index in [-0.39, 0.29) is 5.75 Å². The average molecular weight is 431 g/mol. The number of benzene rings is 1. The minimum atomic E-state index is -1.44. The first kappa shape index (κ1) is 20.8. The fourth-order valence-electron chi connectivity index (χ4n) is 3.40. The van der Waals surface area contributed by atoms with Crippen LogP contribution in [-0.2, 0) is 26.0 Å². The van der Waals surface area contributed by atoms with Gasteiger partial charge in [-0.1, -0.05) is 12.1 Å². The summed E-state index contributed by atoms with van der Waals surface area (Å²) in [5.41, 5.74) is 2.99. The minimum Gasteiger partial charge on any atom is -0.493 e. The van der Waals surface area contributed by atoms with Gasteiger partial charge in [0.25, 0.3) is 0 Å². The number of ether oxygens (including phenoxy) is 3. The molecule has 8 nitrogen and oxygen atoms in total.